The minimum atomic E-state index is 1.12. The highest BCUT2D eigenvalue weighted by Crippen LogP contribution is 2.32. The highest BCUT2D eigenvalue weighted by molar-refractivity contribution is 6.10. The zero-order valence-electron chi connectivity index (χ0n) is 15.8. The van der Waals surface area contributed by atoms with Crippen LogP contribution in [0.25, 0.3) is 33.1 Å². The number of rotatable bonds is 4. The molecule has 1 heterocycles. The molecule has 132 valence electrons. The topological polar surface area (TPSA) is 4.93 Å². The Labute approximate surface area is 160 Å². The van der Waals surface area contributed by atoms with Gasteiger partial charge in [-0.1, -0.05) is 78.9 Å². The predicted molar refractivity (Wildman–Crippen MR) is 119 cm³/mol. The number of fused-ring (bicyclic) bond motifs is 3. The van der Waals surface area contributed by atoms with Crippen LogP contribution in [0.4, 0.5) is 0 Å². The lowest BCUT2D eigenvalue weighted by Crippen LogP contribution is -1.93. The normalized spacial score (nSPS) is 12.7. The summed E-state index contributed by atoms with van der Waals surface area (Å²) in [5.74, 6) is 0. The van der Waals surface area contributed by atoms with E-state index in [1.165, 1.54) is 38.6 Å². The molecular weight excluding hydrogens is 326 g/mol. The molecule has 0 spiro atoms. The molecule has 0 aliphatic carbocycles. The number of aromatic nitrogens is 1. The van der Waals surface area contributed by atoms with Gasteiger partial charge in [-0.2, -0.15) is 0 Å². The van der Waals surface area contributed by atoms with Gasteiger partial charge in [0.1, 0.15) is 0 Å². The first kappa shape index (κ1) is 17.1. The van der Waals surface area contributed by atoms with Crippen molar-refractivity contribution in [3.63, 3.8) is 0 Å². The van der Waals surface area contributed by atoms with Gasteiger partial charge in [-0.05, 0) is 49.3 Å². The van der Waals surface area contributed by atoms with E-state index in [2.05, 4.69) is 104 Å². The molecule has 4 aromatic rings. The van der Waals surface area contributed by atoms with E-state index in [-0.39, 0.29) is 0 Å². The molecule has 0 amide bonds. The number of para-hydroxylation sites is 1. The van der Waals surface area contributed by atoms with E-state index in [0.717, 1.165) is 5.57 Å². The molecule has 0 fully saturated rings. The van der Waals surface area contributed by atoms with Crippen molar-refractivity contribution in [3.05, 3.63) is 109 Å². The second kappa shape index (κ2) is 7.13. The van der Waals surface area contributed by atoms with Crippen molar-refractivity contribution in [1.29, 1.82) is 0 Å². The molecule has 0 saturated carbocycles. The highest BCUT2D eigenvalue weighted by atomic mass is 15.0. The molecular formula is C26H23N. The van der Waals surface area contributed by atoms with Crippen LogP contribution < -0.4 is 0 Å². The zero-order chi connectivity index (χ0) is 18.8. The Morgan fingerprint density at radius 3 is 2.30 bits per heavy atom. The van der Waals surface area contributed by atoms with Crippen LogP contribution in [0.3, 0.4) is 0 Å². The Morgan fingerprint density at radius 2 is 1.52 bits per heavy atom. The van der Waals surface area contributed by atoms with Crippen LogP contribution in [0.15, 0.2) is 97.6 Å². The number of nitrogens with zero attached hydrogens (tertiary/aromatic N) is 1. The van der Waals surface area contributed by atoms with Gasteiger partial charge in [0.05, 0.1) is 11.0 Å². The Bertz CT molecular complexity index is 1190. The van der Waals surface area contributed by atoms with Crippen molar-refractivity contribution in [1.82, 2.24) is 4.57 Å². The summed E-state index contributed by atoms with van der Waals surface area (Å²) in [6.07, 6.45) is 6.23. The SMILES string of the molecule is C=C/C(=C\C=C(/C)n1c2ccccc2c2cc(C)ccc21)c1ccccc1. The van der Waals surface area contributed by atoms with Crippen LogP contribution >= 0.6 is 0 Å². The Kier molecular flexibility index (Phi) is 4.52. The smallest absolute Gasteiger partial charge is 0.0537 e. The van der Waals surface area contributed by atoms with Gasteiger partial charge in [-0.3, -0.25) is 0 Å². The summed E-state index contributed by atoms with van der Waals surface area (Å²) >= 11 is 0. The van der Waals surface area contributed by atoms with Crippen LogP contribution in [0, 0.1) is 6.92 Å². The number of aryl methyl sites for hydroxylation is 1. The van der Waals surface area contributed by atoms with Crippen molar-refractivity contribution in [2.75, 3.05) is 0 Å². The van der Waals surface area contributed by atoms with Gasteiger partial charge in [0.15, 0.2) is 0 Å². The maximum absolute atomic E-state index is 3.98. The molecule has 4 rings (SSSR count). The van der Waals surface area contributed by atoms with Crippen LogP contribution in [-0.4, -0.2) is 4.57 Å². The fourth-order valence-corrected chi connectivity index (χ4v) is 3.66. The number of hydrogen-bond acceptors (Lipinski definition) is 0. The van der Waals surface area contributed by atoms with Crippen LogP contribution in [0.2, 0.25) is 0 Å². The Balaban J connectivity index is 1.89. The summed E-state index contributed by atoms with van der Waals surface area (Å²) in [5.41, 5.74) is 7.23. The monoisotopic (exact) mass is 349 g/mol. The van der Waals surface area contributed by atoms with E-state index < -0.39 is 0 Å². The third-order valence-corrected chi connectivity index (χ3v) is 5.01. The van der Waals surface area contributed by atoms with Crippen LogP contribution in [0.5, 0.6) is 0 Å². The molecule has 0 saturated heterocycles. The summed E-state index contributed by atoms with van der Waals surface area (Å²) < 4.78 is 2.34. The predicted octanol–water partition coefficient (Wildman–Crippen LogP) is 7.23. The van der Waals surface area contributed by atoms with Gasteiger partial charge in [0.2, 0.25) is 0 Å². The molecule has 0 atom stereocenters. The number of benzene rings is 3. The van der Waals surface area contributed by atoms with Gasteiger partial charge in [-0.15, -0.1) is 0 Å². The van der Waals surface area contributed by atoms with E-state index >= 15 is 0 Å². The molecule has 1 aromatic heterocycles. The van der Waals surface area contributed by atoms with Gasteiger partial charge >= 0.3 is 0 Å². The molecule has 0 aliphatic heterocycles. The van der Waals surface area contributed by atoms with Crippen LogP contribution in [-0.2, 0) is 0 Å². The van der Waals surface area contributed by atoms with Gasteiger partial charge in [0.25, 0.3) is 0 Å². The fourth-order valence-electron chi connectivity index (χ4n) is 3.66. The lowest BCUT2D eigenvalue weighted by atomic mass is 10.1. The zero-order valence-corrected chi connectivity index (χ0v) is 15.8. The summed E-state index contributed by atoms with van der Waals surface area (Å²) in [7, 11) is 0. The van der Waals surface area contributed by atoms with E-state index in [9.17, 15) is 0 Å². The molecule has 0 radical (unpaired) electrons. The first-order valence-corrected chi connectivity index (χ1v) is 9.25. The van der Waals surface area contributed by atoms with Crippen LogP contribution in [0.1, 0.15) is 18.1 Å². The maximum atomic E-state index is 3.98. The average molecular weight is 349 g/mol. The number of allylic oxidation sites excluding steroid dienone is 5. The number of hydrogen-bond donors (Lipinski definition) is 0. The maximum Gasteiger partial charge on any atom is 0.0537 e. The second-order valence-corrected chi connectivity index (χ2v) is 6.87. The standard InChI is InChI=1S/C26H23N/c1-4-21(22-10-6-5-7-11-22)16-15-20(3)27-25-13-9-8-12-23(25)24-18-19(2)14-17-26(24)27/h4-18H,1H2,2-3H3/b20-15+,21-16+. The third-order valence-electron chi connectivity index (χ3n) is 5.01. The van der Waals surface area contributed by atoms with Crippen molar-refractivity contribution in [2.24, 2.45) is 0 Å². The van der Waals surface area contributed by atoms with Gasteiger partial charge in [0, 0.05) is 16.5 Å². The Morgan fingerprint density at radius 1 is 0.815 bits per heavy atom. The molecule has 1 nitrogen and oxygen atoms in total. The molecule has 1 heteroatoms. The van der Waals surface area contributed by atoms with Gasteiger partial charge < -0.3 is 4.57 Å². The molecule has 0 bridgehead atoms. The second-order valence-electron chi connectivity index (χ2n) is 6.87. The van der Waals surface area contributed by atoms with Crippen molar-refractivity contribution >= 4 is 33.1 Å². The van der Waals surface area contributed by atoms with E-state index in [0.29, 0.717) is 0 Å². The van der Waals surface area contributed by atoms with Crippen molar-refractivity contribution in [3.8, 4) is 0 Å². The van der Waals surface area contributed by atoms with Crippen molar-refractivity contribution < 1.29 is 0 Å². The van der Waals surface area contributed by atoms with Crippen molar-refractivity contribution in [2.45, 2.75) is 13.8 Å². The minimum Gasteiger partial charge on any atom is -0.313 e. The molecule has 0 aliphatic rings. The minimum absolute atomic E-state index is 1.12. The largest absolute Gasteiger partial charge is 0.313 e. The molecule has 27 heavy (non-hydrogen) atoms. The lowest BCUT2D eigenvalue weighted by molar-refractivity contribution is 1.20. The van der Waals surface area contributed by atoms with E-state index in [1.54, 1.807) is 0 Å². The highest BCUT2D eigenvalue weighted by Gasteiger charge is 2.11. The summed E-state index contributed by atoms with van der Waals surface area (Å²) in [5, 5.41) is 2.59. The van der Waals surface area contributed by atoms with E-state index in [4.69, 9.17) is 0 Å². The summed E-state index contributed by atoms with van der Waals surface area (Å²) in [4.78, 5) is 0. The van der Waals surface area contributed by atoms with Gasteiger partial charge in [-0.25, -0.2) is 0 Å². The average Bonchev–Trinajstić information content (AvgIpc) is 3.03. The first-order valence-electron chi connectivity index (χ1n) is 9.25. The third kappa shape index (κ3) is 3.13. The first-order chi connectivity index (χ1) is 13.2. The van der Waals surface area contributed by atoms with E-state index in [1.807, 2.05) is 12.1 Å². The summed E-state index contributed by atoms with van der Waals surface area (Å²) in [6.45, 7) is 8.29. The molecule has 0 unspecified atom stereocenters. The molecule has 3 aromatic carbocycles. The summed E-state index contributed by atoms with van der Waals surface area (Å²) in [6, 6.07) is 25.6. The Hall–Kier alpha value is -3.32. The quantitative estimate of drug-likeness (QED) is 0.342. The lowest BCUT2D eigenvalue weighted by Gasteiger charge is -2.08. The molecule has 0 N–H and O–H groups in total. The fraction of sp³-hybridized carbons (Fsp3) is 0.0769.